The van der Waals surface area contributed by atoms with Crippen molar-refractivity contribution in [2.45, 2.75) is 13.3 Å². The lowest BCUT2D eigenvalue weighted by Crippen LogP contribution is -2.45. The number of thiocarbonyl (C=S) groups is 1. The van der Waals surface area contributed by atoms with Crippen LogP contribution in [-0.2, 0) is 6.42 Å². The number of carbonyl (C=O) groups is 1. The maximum atomic E-state index is 11.6. The molecule has 5 heteroatoms. The van der Waals surface area contributed by atoms with Crippen LogP contribution < -0.4 is 16.2 Å². The Kier molecular flexibility index (Phi) is 4.72. The van der Waals surface area contributed by atoms with E-state index in [-0.39, 0.29) is 5.91 Å². The highest BCUT2D eigenvalue weighted by Gasteiger charge is 2.04. The summed E-state index contributed by atoms with van der Waals surface area (Å²) in [5, 5.41) is 3.07. The van der Waals surface area contributed by atoms with Gasteiger partial charge in [-0.2, -0.15) is 0 Å². The van der Waals surface area contributed by atoms with Gasteiger partial charge in [0.25, 0.3) is 5.91 Å². The average molecular weight is 237 g/mol. The minimum atomic E-state index is -0.208. The largest absolute Gasteiger partial charge is 0.364 e. The minimum Gasteiger partial charge on any atom is -0.364 e. The second-order valence-electron chi connectivity index (χ2n) is 3.21. The Morgan fingerprint density at radius 2 is 1.88 bits per heavy atom. The number of nitrogens with one attached hydrogen (secondary N) is 3. The summed E-state index contributed by atoms with van der Waals surface area (Å²) in [5.74, 6) is -0.208. The Balaban J connectivity index is 2.56. The zero-order valence-corrected chi connectivity index (χ0v) is 10.1. The van der Waals surface area contributed by atoms with Gasteiger partial charge in [-0.3, -0.25) is 15.6 Å². The monoisotopic (exact) mass is 237 g/mol. The van der Waals surface area contributed by atoms with Crippen molar-refractivity contribution in [3.63, 3.8) is 0 Å². The summed E-state index contributed by atoms with van der Waals surface area (Å²) in [6, 6.07) is 7.45. The van der Waals surface area contributed by atoms with Crippen molar-refractivity contribution >= 4 is 23.2 Å². The molecule has 0 aromatic heterocycles. The summed E-state index contributed by atoms with van der Waals surface area (Å²) in [4.78, 5) is 11.6. The Bertz CT molecular complexity index is 375. The second kappa shape index (κ2) is 6.07. The molecule has 0 unspecified atom stereocenters. The summed E-state index contributed by atoms with van der Waals surface area (Å²) >= 11 is 4.83. The SMILES string of the molecule is CCc1ccc(C(=O)NNC(=S)NC)cc1. The predicted octanol–water partition coefficient (Wildman–Crippen LogP) is 0.988. The van der Waals surface area contributed by atoms with Crippen LogP contribution in [0.1, 0.15) is 22.8 Å². The molecule has 16 heavy (non-hydrogen) atoms. The number of rotatable bonds is 2. The van der Waals surface area contributed by atoms with Crippen LogP contribution in [0.5, 0.6) is 0 Å². The molecular formula is C11H15N3OS. The fourth-order valence-electron chi connectivity index (χ4n) is 1.14. The Labute approximate surface area is 100 Å². The number of carbonyl (C=O) groups excluding carboxylic acids is 1. The lowest BCUT2D eigenvalue weighted by molar-refractivity contribution is 0.0944. The van der Waals surface area contributed by atoms with E-state index in [1.807, 2.05) is 12.1 Å². The molecule has 0 spiro atoms. The summed E-state index contributed by atoms with van der Waals surface area (Å²) < 4.78 is 0. The van der Waals surface area contributed by atoms with Crippen molar-refractivity contribution in [2.24, 2.45) is 0 Å². The topological polar surface area (TPSA) is 53.2 Å². The van der Waals surface area contributed by atoms with Crippen LogP contribution >= 0.6 is 12.2 Å². The Morgan fingerprint density at radius 1 is 1.25 bits per heavy atom. The molecule has 0 bridgehead atoms. The molecular weight excluding hydrogens is 222 g/mol. The van der Waals surface area contributed by atoms with Gasteiger partial charge in [0.2, 0.25) is 0 Å². The summed E-state index contributed by atoms with van der Waals surface area (Å²) in [6.07, 6.45) is 0.962. The number of hydrogen-bond acceptors (Lipinski definition) is 2. The fourth-order valence-corrected chi connectivity index (χ4v) is 1.19. The van der Waals surface area contributed by atoms with Gasteiger partial charge in [0.15, 0.2) is 5.11 Å². The van der Waals surface area contributed by atoms with Gasteiger partial charge in [-0.15, -0.1) is 0 Å². The van der Waals surface area contributed by atoms with E-state index in [4.69, 9.17) is 12.2 Å². The number of hydrazine groups is 1. The van der Waals surface area contributed by atoms with Gasteiger partial charge < -0.3 is 5.32 Å². The van der Waals surface area contributed by atoms with E-state index in [2.05, 4.69) is 23.1 Å². The molecule has 0 saturated heterocycles. The highest BCUT2D eigenvalue weighted by atomic mass is 32.1. The maximum Gasteiger partial charge on any atom is 0.269 e. The first-order chi connectivity index (χ1) is 7.67. The molecule has 3 N–H and O–H groups in total. The van der Waals surface area contributed by atoms with Gasteiger partial charge in [-0.1, -0.05) is 19.1 Å². The van der Waals surface area contributed by atoms with Crippen molar-refractivity contribution in [2.75, 3.05) is 7.05 Å². The van der Waals surface area contributed by atoms with E-state index in [0.29, 0.717) is 10.7 Å². The van der Waals surface area contributed by atoms with Gasteiger partial charge in [0.1, 0.15) is 0 Å². The van der Waals surface area contributed by atoms with Gasteiger partial charge >= 0.3 is 0 Å². The molecule has 0 aliphatic heterocycles. The molecule has 0 saturated carbocycles. The molecule has 1 rings (SSSR count). The first-order valence-corrected chi connectivity index (χ1v) is 5.45. The smallest absolute Gasteiger partial charge is 0.269 e. The molecule has 0 atom stereocenters. The van der Waals surface area contributed by atoms with Crippen LogP contribution in [0.25, 0.3) is 0 Å². The van der Waals surface area contributed by atoms with Crippen LogP contribution in [0.2, 0.25) is 0 Å². The zero-order valence-electron chi connectivity index (χ0n) is 9.33. The van der Waals surface area contributed by atoms with Crippen LogP contribution in [0.15, 0.2) is 24.3 Å². The van der Waals surface area contributed by atoms with E-state index < -0.39 is 0 Å². The van der Waals surface area contributed by atoms with Crippen LogP contribution in [0.3, 0.4) is 0 Å². The van der Waals surface area contributed by atoms with Crippen molar-refractivity contribution in [3.05, 3.63) is 35.4 Å². The normalized spacial score (nSPS) is 9.38. The summed E-state index contributed by atoms with van der Waals surface area (Å²) in [5.41, 5.74) is 6.88. The predicted molar refractivity (Wildman–Crippen MR) is 68.1 cm³/mol. The molecule has 0 aliphatic rings. The first kappa shape index (κ1) is 12.4. The van der Waals surface area contributed by atoms with Crippen LogP contribution in [-0.4, -0.2) is 18.1 Å². The molecule has 0 aliphatic carbocycles. The fraction of sp³-hybridized carbons (Fsp3) is 0.273. The Hall–Kier alpha value is -1.62. The molecule has 0 heterocycles. The van der Waals surface area contributed by atoms with E-state index in [9.17, 15) is 4.79 Å². The third-order valence-electron chi connectivity index (χ3n) is 2.14. The van der Waals surface area contributed by atoms with Crippen molar-refractivity contribution in [1.29, 1.82) is 0 Å². The highest BCUT2D eigenvalue weighted by Crippen LogP contribution is 2.04. The molecule has 1 aromatic carbocycles. The number of aryl methyl sites for hydroxylation is 1. The summed E-state index contributed by atoms with van der Waals surface area (Å²) in [7, 11) is 1.68. The van der Waals surface area contributed by atoms with Gasteiger partial charge in [-0.05, 0) is 36.3 Å². The molecule has 1 aromatic rings. The van der Waals surface area contributed by atoms with Gasteiger partial charge in [-0.25, -0.2) is 0 Å². The van der Waals surface area contributed by atoms with E-state index in [1.165, 1.54) is 5.56 Å². The molecule has 0 fully saturated rings. The van der Waals surface area contributed by atoms with Gasteiger partial charge in [0.05, 0.1) is 0 Å². The molecule has 1 amide bonds. The highest BCUT2D eigenvalue weighted by molar-refractivity contribution is 7.80. The standard InChI is InChI=1S/C11H15N3OS/c1-3-8-4-6-9(7-5-8)10(15)13-14-11(16)12-2/h4-7H,3H2,1-2H3,(H,13,15)(H2,12,14,16). The average Bonchev–Trinajstić information content (AvgIpc) is 2.35. The van der Waals surface area contributed by atoms with E-state index in [0.717, 1.165) is 6.42 Å². The van der Waals surface area contributed by atoms with Crippen LogP contribution in [0.4, 0.5) is 0 Å². The lowest BCUT2D eigenvalue weighted by atomic mass is 10.1. The lowest BCUT2D eigenvalue weighted by Gasteiger charge is -2.08. The quantitative estimate of drug-likeness (QED) is 0.530. The second-order valence-corrected chi connectivity index (χ2v) is 3.62. The number of benzene rings is 1. The van der Waals surface area contributed by atoms with Gasteiger partial charge in [0, 0.05) is 12.6 Å². The zero-order chi connectivity index (χ0) is 12.0. The molecule has 0 radical (unpaired) electrons. The number of amides is 1. The third kappa shape index (κ3) is 3.51. The maximum absolute atomic E-state index is 11.6. The first-order valence-electron chi connectivity index (χ1n) is 5.04. The van der Waals surface area contributed by atoms with E-state index in [1.54, 1.807) is 19.2 Å². The number of hydrogen-bond donors (Lipinski definition) is 3. The third-order valence-corrected chi connectivity index (χ3v) is 2.45. The minimum absolute atomic E-state index is 0.208. The van der Waals surface area contributed by atoms with Crippen LogP contribution in [0, 0.1) is 0 Å². The van der Waals surface area contributed by atoms with Crippen molar-refractivity contribution in [3.8, 4) is 0 Å². The molecule has 4 nitrogen and oxygen atoms in total. The summed E-state index contributed by atoms with van der Waals surface area (Å²) in [6.45, 7) is 2.07. The molecule has 86 valence electrons. The van der Waals surface area contributed by atoms with Crippen molar-refractivity contribution < 1.29 is 4.79 Å². The van der Waals surface area contributed by atoms with Crippen molar-refractivity contribution in [1.82, 2.24) is 16.2 Å². The van der Waals surface area contributed by atoms with E-state index >= 15 is 0 Å². The Morgan fingerprint density at radius 3 is 2.38 bits per heavy atom.